The molecule has 0 saturated carbocycles. The van der Waals surface area contributed by atoms with Gasteiger partial charge in [0.05, 0.1) is 6.42 Å². The maximum absolute atomic E-state index is 10.9. The molecular formula is C8H15NO4. The van der Waals surface area contributed by atoms with E-state index in [0.29, 0.717) is 6.54 Å². The number of aliphatic hydroxyl groups is 1. The van der Waals surface area contributed by atoms with Crippen molar-refractivity contribution >= 4 is 11.9 Å². The number of aliphatic hydroxyl groups excluding tert-OH is 1. The van der Waals surface area contributed by atoms with Crippen LogP contribution in [0, 0.1) is 0 Å². The summed E-state index contributed by atoms with van der Waals surface area (Å²) in [5.41, 5.74) is 0. The van der Waals surface area contributed by atoms with Gasteiger partial charge in [-0.15, -0.1) is 0 Å². The van der Waals surface area contributed by atoms with Crippen molar-refractivity contribution in [1.82, 2.24) is 5.32 Å². The second kappa shape index (κ2) is 6.42. The van der Waals surface area contributed by atoms with Crippen LogP contribution in [0.3, 0.4) is 0 Å². The summed E-state index contributed by atoms with van der Waals surface area (Å²) in [6, 6.07) is 0. The van der Waals surface area contributed by atoms with Gasteiger partial charge in [0.1, 0.15) is 6.10 Å². The number of carbonyl (C=O) groups excluding carboxylic acids is 1. The van der Waals surface area contributed by atoms with Crippen LogP contribution < -0.4 is 5.32 Å². The normalized spacial score (nSPS) is 12.2. The van der Waals surface area contributed by atoms with E-state index in [1.165, 1.54) is 0 Å². The van der Waals surface area contributed by atoms with Crippen LogP contribution in [0.15, 0.2) is 0 Å². The van der Waals surface area contributed by atoms with Gasteiger partial charge in [-0.25, -0.2) is 0 Å². The van der Waals surface area contributed by atoms with Crippen LogP contribution in [0.4, 0.5) is 0 Å². The van der Waals surface area contributed by atoms with Crippen molar-refractivity contribution in [3.8, 4) is 0 Å². The summed E-state index contributed by atoms with van der Waals surface area (Å²) in [4.78, 5) is 21.0. The molecule has 76 valence electrons. The highest BCUT2D eigenvalue weighted by atomic mass is 16.4. The number of rotatable bonds is 6. The first-order valence-electron chi connectivity index (χ1n) is 4.25. The monoisotopic (exact) mass is 189 g/mol. The van der Waals surface area contributed by atoms with Gasteiger partial charge in [0, 0.05) is 6.54 Å². The molecule has 0 fully saturated rings. The lowest BCUT2D eigenvalue weighted by atomic mass is 10.2. The van der Waals surface area contributed by atoms with Crippen molar-refractivity contribution in [2.45, 2.75) is 32.3 Å². The summed E-state index contributed by atoms with van der Waals surface area (Å²) in [6.45, 7) is 2.45. The number of nitrogens with one attached hydrogen (secondary N) is 1. The van der Waals surface area contributed by atoms with Crippen LogP contribution in [0.2, 0.25) is 0 Å². The van der Waals surface area contributed by atoms with E-state index in [1.807, 2.05) is 6.92 Å². The third-order valence-electron chi connectivity index (χ3n) is 1.50. The number of carboxylic acids is 1. The number of hydrogen-bond donors (Lipinski definition) is 3. The van der Waals surface area contributed by atoms with E-state index in [4.69, 9.17) is 10.2 Å². The Morgan fingerprint density at radius 3 is 2.54 bits per heavy atom. The number of aliphatic carboxylic acids is 1. The van der Waals surface area contributed by atoms with Crippen LogP contribution in [0.25, 0.3) is 0 Å². The minimum Gasteiger partial charge on any atom is -0.481 e. The molecule has 0 bridgehead atoms. The van der Waals surface area contributed by atoms with Gasteiger partial charge in [-0.2, -0.15) is 0 Å². The Kier molecular flexibility index (Phi) is 5.88. The van der Waals surface area contributed by atoms with Crippen LogP contribution in [0.1, 0.15) is 26.2 Å². The lowest BCUT2D eigenvalue weighted by Gasteiger charge is -2.08. The van der Waals surface area contributed by atoms with Crippen LogP contribution in [-0.4, -0.2) is 34.7 Å². The van der Waals surface area contributed by atoms with Crippen molar-refractivity contribution in [2.75, 3.05) is 6.54 Å². The Labute approximate surface area is 76.8 Å². The molecule has 5 nitrogen and oxygen atoms in total. The molecule has 0 aliphatic heterocycles. The fraction of sp³-hybridized carbons (Fsp3) is 0.750. The highest BCUT2D eigenvalue weighted by Crippen LogP contribution is 1.92. The smallest absolute Gasteiger partial charge is 0.306 e. The highest BCUT2D eigenvalue weighted by molar-refractivity contribution is 5.84. The molecule has 0 aliphatic rings. The number of unbranched alkanes of at least 4 members (excludes halogenated alkanes) is 1. The molecule has 0 aromatic rings. The molecule has 1 amide bonds. The molecule has 0 aliphatic carbocycles. The molecule has 0 aromatic heterocycles. The van der Waals surface area contributed by atoms with E-state index in [0.717, 1.165) is 12.8 Å². The van der Waals surface area contributed by atoms with Gasteiger partial charge < -0.3 is 15.5 Å². The SMILES string of the molecule is CCCCNC(=O)C(O)CC(=O)O. The average molecular weight is 189 g/mol. The summed E-state index contributed by atoms with van der Waals surface area (Å²) < 4.78 is 0. The number of carboxylic acid groups (broad SMARTS) is 1. The van der Waals surface area contributed by atoms with Gasteiger partial charge in [0.15, 0.2) is 0 Å². The summed E-state index contributed by atoms with van der Waals surface area (Å²) in [5, 5.41) is 19.7. The Bertz CT molecular complexity index is 181. The lowest BCUT2D eigenvalue weighted by Crippen LogP contribution is -2.36. The molecule has 0 rings (SSSR count). The first-order chi connectivity index (χ1) is 6.07. The largest absolute Gasteiger partial charge is 0.481 e. The third kappa shape index (κ3) is 6.10. The predicted molar refractivity (Wildman–Crippen MR) is 46.2 cm³/mol. The van der Waals surface area contributed by atoms with Gasteiger partial charge in [0.25, 0.3) is 0 Å². The van der Waals surface area contributed by atoms with Gasteiger partial charge in [-0.1, -0.05) is 13.3 Å². The highest BCUT2D eigenvalue weighted by Gasteiger charge is 2.17. The molecular weight excluding hydrogens is 174 g/mol. The summed E-state index contributed by atoms with van der Waals surface area (Å²) in [6.07, 6.45) is -0.215. The first-order valence-corrected chi connectivity index (χ1v) is 4.25. The molecule has 13 heavy (non-hydrogen) atoms. The Morgan fingerprint density at radius 1 is 1.46 bits per heavy atom. The maximum Gasteiger partial charge on any atom is 0.306 e. The van der Waals surface area contributed by atoms with Crippen LogP contribution >= 0.6 is 0 Å². The van der Waals surface area contributed by atoms with E-state index >= 15 is 0 Å². The second-order valence-electron chi connectivity index (χ2n) is 2.76. The average Bonchev–Trinajstić information content (AvgIpc) is 2.03. The van der Waals surface area contributed by atoms with E-state index in [2.05, 4.69) is 5.32 Å². The number of carbonyl (C=O) groups is 2. The van der Waals surface area contributed by atoms with Gasteiger partial charge in [-0.3, -0.25) is 9.59 Å². The van der Waals surface area contributed by atoms with Crippen LogP contribution in [0.5, 0.6) is 0 Å². The van der Waals surface area contributed by atoms with Gasteiger partial charge >= 0.3 is 5.97 Å². The fourth-order valence-electron chi connectivity index (χ4n) is 0.764. The molecule has 3 N–H and O–H groups in total. The standard InChI is InChI=1S/C8H15NO4/c1-2-3-4-9-8(13)6(10)5-7(11)12/h6,10H,2-5H2,1H3,(H,9,13)(H,11,12). The maximum atomic E-state index is 10.9. The van der Waals surface area contributed by atoms with E-state index in [1.54, 1.807) is 0 Å². The quantitative estimate of drug-likeness (QED) is 0.502. The van der Waals surface area contributed by atoms with Crippen molar-refractivity contribution < 1.29 is 19.8 Å². The van der Waals surface area contributed by atoms with Crippen LogP contribution in [-0.2, 0) is 9.59 Å². The molecule has 0 heterocycles. The predicted octanol–water partition coefficient (Wildman–Crippen LogP) is -0.262. The third-order valence-corrected chi connectivity index (χ3v) is 1.50. The molecule has 0 saturated heterocycles. The Hall–Kier alpha value is -1.10. The zero-order valence-electron chi connectivity index (χ0n) is 7.62. The van der Waals surface area contributed by atoms with Crippen molar-refractivity contribution in [1.29, 1.82) is 0 Å². The minimum atomic E-state index is -1.44. The summed E-state index contributed by atoms with van der Waals surface area (Å²) >= 11 is 0. The Morgan fingerprint density at radius 2 is 2.08 bits per heavy atom. The van der Waals surface area contributed by atoms with Crippen molar-refractivity contribution in [3.63, 3.8) is 0 Å². The van der Waals surface area contributed by atoms with Gasteiger partial charge in [-0.05, 0) is 6.42 Å². The van der Waals surface area contributed by atoms with E-state index in [9.17, 15) is 9.59 Å². The summed E-state index contributed by atoms with van der Waals surface area (Å²) in [5.74, 6) is -1.80. The molecule has 0 radical (unpaired) electrons. The fourth-order valence-corrected chi connectivity index (χ4v) is 0.764. The molecule has 1 unspecified atom stereocenters. The van der Waals surface area contributed by atoms with Crippen molar-refractivity contribution in [3.05, 3.63) is 0 Å². The van der Waals surface area contributed by atoms with E-state index < -0.39 is 24.4 Å². The number of hydrogen-bond acceptors (Lipinski definition) is 3. The van der Waals surface area contributed by atoms with E-state index in [-0.39, 0.29) is 0 Å². The molecule has 1 atom stereocenters. The number of amides is 1. The molecule has 0 spiro atoms. The molecule has 5 heteroatoms. The van der Waals surface area contributed by atoms with Crippen molar-refractivity contribution in [2.24, 2.45) is 0 Å². The summed E-state index contributed by atoms with van der Waals surface area (Å²) in [7, 11) is 0. The molecule has 0 aromatic carbocycles. The lowest BCUT2D eigenvalue weighted by molar-refractivity contribution is -0.143. The second-order valence-corrected chi connectivity index (χ2v) is 2.76. The van der Waals surface area contributed by atoms with Gasteiger partial charge in [0.2, 0.25) is 5.91 Å². The zero-order chi connectivity index (χ0) is 10.3. The zero-order valence-corrected chi connectivity index (χ0v) is 7.62. The minimum absolute atomic E-state index is 0.478. The Balaban J connectivity index is 3.63. The topological polar surface area (TPSA) is 86.6 Å². The first kappa shape index (κ1) is 11.9.